The van der Waals surface area contributed by atoms with Crippen molar-refractivity contribution in [2.75, 3.05) is 0 Å². The third kappa shape index (κ3) is 13.0. The number of nitrogens with one attached hydrogen (secondary N) is 3. The van der Waals surface area contributed by atoms with Crippen LogP contribution in [0.3, 0.4) is 0 Å². The molecular weight excluding hydrogens is 518 g/mol. The fourth-order valence-electron chi connectivity index (χ4n) is 3.37. The monoisotopic (exact) mass is 551 g/mol. The number of rotatable bonds is 18. The molecule has 15 nitrogen and oxygen atoms in total. The summed E-state index contributed by atoms with van der Waals surface area (Å²) in [5.74, 6) is -7.45. The number of hydrogen-bond donors (Lipinski definition) is 8. The van der Waals surface area contributed by atoms with E-state index < -0.39 is 78.5 Å². The molecule has 1 aromatic rings. The molecule has 0 aliphatic rings. The number of benzene rings is 1. The Morgan fingerprint density at radius 1 is 0.667 bits per heavy atom. The molecule has 214 valence electrons. The van der Waals surface area contributed by atoms with Gasteiger partial charge in [0.25, 0.3) is 0 Å². The molecule has 0 saturated heterocycles. The molecule has 1 rings (SSSR count). The van der Waals surface area contributed by atoms with Crippen molar-refractivity contribution in [1.29, 1.82) is 0 Å². The van der Waals surface area contributed by atoms with E-state index in [9.17, 15) is 38.7 Å². The van der Waals surface area contributed by atoms with Gasteiger partial charge < -0.3 is 42.7 Å². The minimum atomic E-state index is -1.59. The van der Waals surface area contributed by atoms with E-state index in [1.54, 1.807) is 30.3 Å². The maximum atomic E-state index is 13.2. The summed E-state index contributed by atoms with van der Waals surface area (Å²) in [5, 5.41) is 33.9. The van der Waals surface area contributed by atoms with Gasteiger partial charge in [0.15, 0.2) is 0 Å². The summed E-state index contributed by atoms with van der Waals surface area (Å²) in [7, 11) is 0. The van der Waals surface area contributed by atoms with Crippen LogP contribution in [0.25, 0.3) is 0 Å². The highest BCUT2D eigenvalue weighted by Gasteiger charge is 2.31. The molecule has 1 aromatic carbocycles. The summed E-state index contributed by atoms with van der Waals surface area (Å²) in [6.07, 6.45) is -2.30. The molecular formula is C24H33N5O10. The smallest absolute Gasteiger partial charge is 0.326 e. The first-order chi connectivity index (χ1) is 18.3. The molecule has 10 N–H and O–H groups in total. The first-order valence-corrected chi connectivity index (χ1v) is 12.0. The molecule has 4 amide bonds. The van der Waals surface area contributed by atoms with E-state index in [1.165, 1.54) is 0 Å². The maximum Gasteiger partial charge on any atom is 0.326 e. The van der Waals surface area contributed by atoms with Gasteiger partial charge in [0.2, 0.25) is 23.6 Å². The highest BCUT2D eigenvalue weighted by atomic mass is 16.4. The molecule has 15 heteroatoms. The number of carbonyl (C=O) groups excluding carboxylic acids is 4. The Kier molecular flexibility index (Phi) is 13.6. The van der Waals surface area contributed by atoms with E-state index >= 15 is 0 Å². The molecule has 4 atom stereocenters. The van der Waals surface area contributed by atoms with Crippen LogP contribution in [-0.4, -0.2) is 81.0 Å². The van der Waals surface area contributed by atoms with Gasteiger partial charge in [0.1, 0.15) is 18.1 Å². The van der Waals surface area contributed by atoms with Gasteiger partial charge in [0, 0.05) is 25.7 Å². The lowest BCUT2D eigenvalue weighted by atomic mass is 10.0. The van der Waals surface area contributed by atoms with Gasteiger partial charge in [-0.3, -0.25) is 28.8 Å². The van der Waals surface area contributed by atoms with Crippen LogP contribution in [-0.2, 0) is 40.0 Å². The largest absolute Gasteiger partial charge is 0.481 e. The maximum absolute atomic E-state index is 13.2. The molecule has 0 aromatic heterocycles. The number of amides is 4. The second kappa shape index (κ2) is 16.3. The second-order valence-electron chi connectivity index (χ2n) is 8.69. The van der Waals surface area contributed by atoms with Crippen LogP contribution in [0.2, 0.25) is 0 Å². The topological polar surface area (TPSA) is 268 Å². The average Bonchev–Trinajstić information content (AvgIpc) is 2.86. The molecule has 0 bridgehead atoms. The fourth-order valence-corrected chi connectivity index (χ4v) is 3.37. The highest BCUT2D eigenvalue weighted by molar-refractivity contribution is 5.94. The Hall–Kier alpha value is -4.53. The molecule has 0 spiro atoms. The van der Waals surface area contributed by atoms with Crippen LogP contribution in [0.4, 0.5) is 0 Å². The fraction of sp³-hybridized carbons (Fsp3) is 0.458. The van der Waals surface area contributed by atoms with Crippen LogP contribution in [0.15, 0.2) is 30.3 Å². The minimum absolute atomic E-state index is 0.0510. The number of carboxylic acid groups (broad SMARTS) is 3. The molecule has 0 heterocycles. The number of carboxylic acids is 3. The van der Waals surface area contributed by atoms with Crippen LogP contribution in [0.1, 0.15) is 44.1 Å². The van der Waals surface area contributed by atoms with Crippen molar-refractivity contribution in [2.24, 2.45) is 11.5 Å². The van der Waals surface area contributed by atoms with Gasteiger partial charge in [-0.05, 0) is 24.8 Å². The van der Waals surface area contributed by atoms with Crippen LogP contribution < -0.4 is 27.4 Å². The van der Waals surface area contributed by atoms with Gasteiger partial charge in [0.05, 0.1) is 6.04 Å². The lowest BCUT2D eigenvalue weighted by Crippen LogP contribution is -2.57. The number of primary amides is 1. The predicted molar refractivity (Wildman–Crippen MR) is 134 cm³/mol. The van der Waals surface area contributed by atoms with Gasteiger partial charge in [-0.1, -0.05) is 30.3 Å². The van der Waals surface area contributed by atoms with E-state index in [2.05, 4.69) is 16.0 Å². The Morgan fingerprint density at radius 2 is 1.15 bits per heavy atom. The van der Waals surface area contributed by atoms with Crippen molar-refractivity contribution in [3.8, 4) is 0 Å². The lowest BCUT2D eigenvalue weighted by Gasteiger charge is -2.25. The van der Waals surface area contributed by atoms with Gasteiger partial charge in [-0.25, -0.2) is 4.79 Å². The van der Waals surface area contributed by atoms with Crippen LogP contribution >= 0.6 is 0 Å². The lowest BCUT2D eigenvalue weighted by molar-refractivity contribution is -0.143. The zero-order valence-electron chi connectivity index (χ0n) is 21.0. The summed E-state index contributed by atoms with van der Waals surface area (Å²) in [6, 6.07) is 2.87. The van der Waals surface area contributed by atoms with Crippen LogP contribution in [0.5, 0.6) is 0 Å². The van der Waals surface area contributed by atoms with Crippen LogP contribution in [0, 0.1) is 0 Å². The summed E-state index contributed by atoms with van der Waals surface area (Å²) in [5.41, 5.74) is 11.5. The van der Waals surface area contributed by atoms with Crippen molar-refractivity contribution >= 4 is 41.5 Å². The summed E-state index contributed by atoms with van der Waals surface area (Å²) in [6.45, 7) is 0. The molecule has 0 saturated carbocycles. The molecule has 0 fully saturated rings. The molecule has 0 aliphatic heterocycles. The number of nitrogens with two attached hydrogens (primary N) is 2. The number of aliphatic carboxylic acids is 3. The van der Waals surface area contributed by atoms with Gasteiger partial charge >= 0.3 is 17.9 Å². The second-order valence-corrected chi connectivity index (χ2v) is 8.69. The van der Waals surface area contributed by atoms with E-state index in [4.69, 9.17) is 21.7 Å². The van der Waals surface area contributed by atoms with Crippen molar-refractivity contribution in [2.45, 2.75) is 69.1 Å². The zero-order valence-corrected chi connectivity index (χ0v) is 21.0. The molecule has 0 radical (unpaired) electrons. The quantitative estimate of drug-likeness (QED) is 0.0997. The first kappa shape index (κ1) is 32.5. The predicted octanol–water partition coefficient (Wildman–Crippen LogP) is -1.91. The van der Waals surface area contributed by atoms with Crippen molar-refractivity contribution < 1.29 is 48.9 Å². The Balaban J connectivity index is 3.12. The summed E-state index contributed by atoms with van der Waals surface area (Å²) in [4.78, 5) is 83.1. The normalized spacial score (nSPS) is 13.7. The SMILES string of the molecule is NC(=O)CCC(NC(=O)C(Cc1ccccc1)NC(=O)C(N)CCC(=O)O)C(=O)NC(CCC(=O)O)C(=O)O. The van der Waals surface area contributed by atoms with E-state index in [0.29, 0.717) is 5.56 Å². The Morgan fingerprint density at radius 3 is 1.69 bits per heavy atom. The first-order valence-electron chi connectivity index (χ1n) is 12.0. The standard InChI is InChI=1S/C24H33N5O10/c25-14(6-10-19(31)32)21(35)29-17(12-13-4-2-1-3-5-13)23(37)27-15(7-9-18(26)30)22(36)28-16(24(38)39)8-11-20(33)34/h1-5,14-17H,6-12,25H2,(H2,26,30)(H,27,37)(H,28,36)(H,29,35)(H,31,32)(H,33,34)(H,38,39). The third-order valence-corrected chi connectivity index (χ3v) is 5.50. The number of carbonyl (C=O) groups is 7. The minimum Gasteiger partial charge on any atom is -0.481 e. The highest BCUT2D eigenvalue weighted by Crippen LogP contribution is 2.08. The zero-order chi connectivity index (χ0) is 29.5. The Labute approximate surface area is 223 Å². The summed E-state index contributed by atoms with van der Waals surface area (Å²) >= 11 is 0. The average molecular weight is 552 g/mol. The van der Waals surface area contributed by atoms with Crippen molar-refractivity contribution in [3.63, 3.8) is 0 Å². The van der Waals surface area contributed by atoms with Crippen molar-refractivity contribution in [1.82, 2.24) is 16.0 Å². The van der Waals surface area contributed by atoms with Gasteiger partial charge in [-0.2, -0.15) is 0 Å². The molecule has 39 heavy (non-hydrogen) atoms. The Bertz CT molecular complexity index is 1050. The van der Waals surface area contributed by atoms with E-state index in [0.717, 1.165) is 0 Å². The number of hydrogen-bond acceptors (Lipinski definition) is 8. The van der Waals surface area contributed by atoms with E-state index in [1.807, 2.05) is 0 Å². The van der Waals surface area contributed by atoms with Crippen molar-refractivity contribution in [3.05, 3.63) is 35.9 Å². The summed E-state index contributed by atoms with van der Waals surface area (Å²) < 4.78 is 0. The molecule has 4 unspecified atom stereocenters. The van der Waals surface area contributed by atoms with Gasteiger partial charge in [-0.15, -0.1) is 0 Å². The van der Waals surface area contributed by atoms with E-state index in [-0.39, 0.29) is 32.1 Å². The third-order valence-electron chi connectivity index (χ3n) is 5.50. The molecule has 0 aliphatic carbocycles.